The lowest BCUT2D eigenvalue weighted by atomic mass is 9.86. The monoisotopic (exact) mass is 448 g/mol. The zero-order valence-corrected chi connectivity index (χ0v) is 16.7. The van der Waals surface area contributed by atoms with Crippen LogP contribution in [0.25, 0.3) is 0 Å². The summed E-state index contributed by atoms with van der Waals surface area (Å²) in [5.41, 5.74) is -3.63. The van der Waals surface area contributed by atoms with Crippen LogP contribution in [-0.4, -0.2) is 70.3 Å². The van der Waals surface area contributed by atoms with Crippen molar-refractivity contribution in [3.63, 3.8) is 0 Å². The van der Waals surface area contributed by atoms with Gasteiger partial charge in [-0.1, -0.05) is 0 Å². The molecule has 2 rings (SSSR count). The third-order valence-corrected chi connectivity index (χ3v) is 4.35. The molecule has 0 atom stereocenters. The number of non-ortho nitro benzene ring substituents is 2. The van der Waals surface area contributed by atoms with Gasteiger partial charge in [-0.15, -0.1) is 0 Å². The standard InChI is InChI=1S/C20H20N2O10/c23-9-10-31-11-12-32-13-20(26,18(24)14-1-5-16(6-2-14)21(27)28)19(25)15-3-7-17(8-4-15)22(29)30/h1-8,23,26H,9-13H2. The maximum atomic E-state index is 13.0. The molecule has 0 bridgehead atoms. The molecule has 2 aromatic rings. The van der Waals surface area contributed by atoms with Gasteiger partial charge < -0.3 is 19.7 Å². The Morgan fingerprint density at radius 3 is 1.56 bits per heavy atom. The van der Waals surface area contributed by atoms with Gasteiger partial charge in [0.25, 0.3) is 11.4 Å². The maximum Gasteiger partial charge on any atom is 0.269 e. The van der Waals surface area contributed by atoms with Gasteiger partial charge in [-0.05, 0) is 24.3 Å². The van der Waals surface area contributed by atoms with E-state index in [1.54, 1.807) is 0 Å². The molecule has 12 heteroatoms. The van der Waals surface area contributed by atoms with Crippen molar-refractivity contribution in [1.29, 1.82) is 0 Å². The van der Waals surface area contributed by atoms with Crippen molar-refractivity contribution >= 4 is 22.9 Å². The lowest BCUT2D eigenvalue weighted by molar-refractivity contribution is -0.385. The molecule has 0 fully saturated rings. The van der Waals surface area contributed by atoms with Crippen LogP contribution in [0.1, 0.15) is 20.7 Å². The molecule has 2 aromatic carbocycles. The smallest absolute Gasteiger partial charge is 0.269 e. The minimum absolute atomic E-state index is 0.0219. The topological polar surface area (TPSA) is 179 Å². The van der Waals surface area contributed by atoms with Gasteiger partial charge in [0, 0.05) is 35.4 Å². The quantitative estimate of drug-likeness (QED) is 0.149. The van der Waals surface area contributed by atoms with Crippen LogP contribution in [0.4, 0.5) is 11.4 Å². The van der Waals surface area contributed by atoms with Crippen molar-refractivity contribution in [3.05, 3.63) is 79.9 Å². The van der Waals surface area contributed by atoms with E-state index in [4.69, 9.17) is 14.6 Å². The fourth-order valence-electron chi connectivity index (χ4n) is 2.69. The molecule has 0 aliphatic carbocycles. The lowest BCUT2D eigenvalue weighted by Crippen LogP contribution is -2.51. The molecule has 32 heavy (non-hydrogen) atoms. The van der Waals surface area contributed by atoms with Gasteiger partial charge in [0.05, 0.1) is 42.9 Å². The Morgan fingerprint density at radius 1 is 0.781 bits per heavy atom. The largest absolute Gasteiger partial charge is 0.394 e. The summed E-state index contributed by atoms with van der Waals surface area (Å²) in [7, 11) is 0. The number of carbonyl (C=O) groups excluding carboxylic acids is 2. The maximum absolute atomic E-state index is 13.0. The number of hydrogen-bond acceptors (Lipinski definition) is 10. The van der Waals surface area contributed by atoms with Crippen molar-refractivity contribution in [1.82, 2.24) is 0 Å². The lowest BCUT2D eigenvalue weighted by Gasteiger charge is -2.25. The van der Waals surface area contributed by atoms with Gasteiger partial charge in [-0.25, -0.2) is 0 Å². The fourth-order valence-corrected chi connectivity index (χ4v) is 2.69. The first-order valence-electron chi connectivity index (χ1n) is 9.28. The molecular formula is C20H20N2O10. The summed E-state index contributed by atoms with van der Waals surface area (Å²) in [4.78, 5) is 46.3. The van der Waals surface area contributed by atoms with E-state index in [2.05, 4.69) is 0 Å². The van der Waals surface area contributed by atoms with Crippen molar-refractivity contribution in [2.45, 2.75) is 5.60 Å². The Hall–Kier alpha value is -3.58. The Kier molecular flexibility index (Phi) is 8.61. The van der Waals surface area contributed by atoms with Crippen LogP contribution in [0.3, 0.4) is 0 Å². The molecule has 170 valence electrons. The molecule has 0 aliphatic rings. The number of nitro benzene ring substituents is 2. The number of aliphatic hydroxyl groups excluding tert-OH is 1. The van der Waals surface area contributed by atoms with E-state index in [1.165, 1.54) is 0 Å². The van der Waals surface area contributed by atoms with E-state index in [9.17, 15) is 34.9 Å². The number of ketones is 2. The van der Waals surface area contributed by atoms with Crippen LogP contribution in [-0.2, 0) is 9.47 Å². The highest BCUT2D eigenvalue weighted by Crippen LogP contribution is 2.23. The van der Waals surface area contributed by atoms with E-state index in [0.29, 0.717) is 0 Å². The van der Waals surface area contributed by atoms with Crippen molar-refractivity contribution in [2.24, 2.45) is 0 Å². The van der Waals surface area contributed by atoms with Crippen LogP contribution in [0.2, 0.25) is 0 Å². The Labute approximate surface area is 181 Å². The molecule has 0 saturated heterocycles. The summed E-state index contributed by atoms with van der Waals surface area (Å²) in [6.45, 7) is -1.00. The van der Waals surface area contributed by atoms with Crippen LogP contribution in [0.5, 0.6) is 0 Å². The second kappa shape index (κ2) is 11.2. The molecule has 0 unspecified atom stereocenters. The first-order chi connectivity index (χ1) is 15.2. The van der Waals surface area contributed by atoms with Crippen LogP contribution in [0.15, 0.2) is 48.5 Å². The predicted octanol–water partition coefficient (Wildman–Crippen LogP) is 1.33. The number of hydrogen-bond donors (Lipinski definition) is 2. The molecule has 12 nitrogen and oxygen atoms in total. The molecule has 0 radical (unpaired) electrons. The fraction of sp³-hybridized carbons (Fsp3) is 0.300. The summed E-state index contributed by atoms with van der Waals surface area (Å²) >= 11 is 0. The van der Waals surface area contributed by atoms with Crippen molar-refractivity contribution < 1.29 is 39.1 Å². The number of aliphatic hydroxyl groups is 2. The van der Waals surface area contributed by atoms with Crippen LogP contribution < -0.4 is 0 Å². The summed E-state index contributed by atoms with van der Waals surface area (Å²) in [5.74, 6) is -2.13. The number of nitro groups is 2. The molecule has 0 aliphatic heterocycles. The zero-order chi connectivity index (χ0) is 23.7. The molecule has 0 spiro atoms. The van der Waals surface area contributed by atoms with E-state index < -0.39 is 33.6 Å². The van der Waals surface area contributed by atoms with E-state index in [-0.39, 0.29) is 48.9 Å². The Morgan fingerprint density at radius 2 is 1.19 bits per heavy atom. The summed E-state index contributed by atoms with van der Waals surface area (Å²) in [5, 5.41) is 41.4. The van der Waals surface area contributed by atoms with Gasteiger partial charge in [0.1, 0.15) is 0 Å². The minimum Gasteiger partial charge on any atom is -0.394 e. The summed E-state index contributed by atoms with van der Waals surface area (Å²) < 4.78 is 10.2. The summed E-state index contributed by atoms with van der Waals surface area (Å²) in [6, 6.07) is 8.58. The average Bonchev–Trinajstić information content (AvgIpc) is 2.80. The highest BCUT2D eigenvalue weighted by Gasteiger charge is 2.45. The van der Waals surface area contributed by atoms with E-state index in [0.717, 1.165) is 48.5 Å². The first-order valence-corrected chi connectivity index (χ1v) is 9.28. The van der Waals surface area contributed by atoms with Gasteiger partial charge in [-0.3, -0.25) is 29.8 Å². The molecule has 0 saturated carbocycles. The minimum atomic E-state index is -2.71. The van der Waals surface area contributed by atoms with Gasteiger partial charge in [0.2, 0.25) is 17.2 Å². The third kappa shape index (κ3) is 5.98. The number of Topliss-reactive ketones (excluding diaryl/α,β-unsaturated/α-hetero) is 2. The second-order valence-corrected chi connectivity index (χ2v) is 6.52. The van der Waals surface area contributed by atoms with Crippen molar-refractivity contribution in [3.8, 4) is 0 Å². The SMILES string of the molecule is O=C(c1ccc([N+](=O)[O-])cc1)C(O)(COCCOCCO)C(=O)c1ccc([N+](=O)[O-])cc1. The van der Waals surface area contributed by atoms with Crippen LogP contribution >= 0.6 is 0 Å². The number of benzene rings is 2. The number of ether oxygens (including phenoxy) is 2. The number of rotatable bonds is 13. The van der Waals surface area contributed by atoms with E-state index in [1.807, 2.05) is 0 Å². The molecule has 2 N–H and O–H groups in total. The Bertz CT molecular complexity index is 903. The highest BCUT2D eigenvalue weighted by molar-refractivity contribution is 6.22. The van der Waals surface area contributed by atoms with Gasteiger partial charge >= 0.3 is 0 Å². The third-order valence-electron chi connectivity index (χ3n) is 4.35. The van der Waals surface area contributed by atoms with Crippen LogP contribution in [0, 0.1) is 20.2 Å². The zero-order valence-electron chi connectivity index (χ0n) is 16.7. The molecular weight excluding hydrogens is 428 g/mol. The van der Waals surface area contributed by atoms with E-state index >= 15 is 0 Å². The van der Waals surface area contributed by atoms with Crippen molar-refractivity contribution in [2.75, 3.05) is 33.0 Å². The second-order valence-electron chi connectivity index (χ2n) is 6.52. The Balaban J connectivity index is 2.30. The molecule has 0 aromatic heterocycles. The molecule has 0 heterocycles. The normalized spacial score (nSPS) is 11.2. The molecule has 0 amide bonds. The first kappa shape index (κ1) is 24.7. The number of nitrogens with zero attached hydrogens (tertiary/aromatic N) is 2. The highest BCUT2D eigenvalue weighted by atomic mass is 16.6. The van der Waals surface area contributed by atoms with Gasteiger partial charge in [0.15, 0.2) is 0 Å². The predicted molar refractivity (Wildman–Crippen MR) is 109 cm³/mol. The van der Waals surface area contributed by atoms with Gasteiger partial charge in [-0.2, -0.15) is 0 Å². The summed E-state index contributed by atoms with van der Waals surface area (Å²) in [6.07, 6.45) is 0. The number of carbonyl (C=O) groups is 2. The average molecular weight is 448 g/mol.